The monoisotopic (exact) mass is 245 g/mol. The molecule has 0 saturated heterocycles. The van der Waals surface area contributed by atoms with E-state index >= 15 is 0 Å². The highest BCUT2D eigenvalue weighted by atomic mass is 16.1. The molecule has 2 N–H and O–H groups in total. The standard InChI is InChI=1S/C13H15N3O2/c1-9(17)11-4-3-10(8-14)7-12(11)16-6-5-13(18)15-2/h3-4,7,16H,5-6H2,1-2H3,(H,15,18). The molecule has 1 aromatic carbocycles. The molecule has 0 aliphatic rings. The number of nitriles is 1. The van der Waals surface area contributed by atoms with Gasteiger partial charge in [0.25, 0.3) is 0 Å². The smallest absolute Gasteiger partial charge is 0.221 e. The number of nitrogens with zero attached hydrogens (tertiary/aromatic N) is 1. The van der Waals surface area contributed by atoms with E-state index in [0.29, 0.717) is 29.8 Å². The maximum absolute atomic E-state index is 11.4. The summed E-state index contributed by atoms with van der Waals surface area (Å²) in [5.41, 5.74) is 1.58. The van der Waals surface area contributed by atoms with Gasteiger partial charge in [0, 0.05) is 31.3 Å². The minimum absolute atomic E-state index is 0.0803. The zero-order valence-electron chi connectivity index (χ0n) is 10.4. The van der Waals surface area contributed by atoms with Crippen molar-refractivity contribution in [2.24, 2.45) is 0 Å². The largest absolute Gasteiger partial charge is 0.384 e. The van der Waals surface area contributed by atoms with E-state index in [9.17, 15) is 9.59 Å². The molecule has 94 valence electrons. The zero-order valence-corrected chi connectivity index (χ0v) is 10.4. The van der Waals surface area contributed by atoms with Crippen molar-refractivity contribution in [3.05, 3.63) is 29.3 Å². The Morgan fingerprint density at radius 3 is 2.67 bits per heavy atom. The minimum Gasteiger partial charge on any atom is -0.384 e. The molecule has 0 aromatic heterocycles. The molecule has 1 amide bonds. The lowest BCUT2D eigenvalue weighted by Crippen LogP contribution is -2.21. The SMILES string of the molecule is CNC(=O)CCNc1cc(C#N)ccc1C(C)=O. The summed E-state index contributed by atoms with van der Waals surface area (Å²) in [6, 6.07) is 6.84. The number of Topliss-reactive ketones (excluding diaryl/α,β-unsaturated/α-hetero) is 1. The predicted octanol–water partition coefficient (Wildman–Crippen LogP) is 1.31. The predicted molar refractivity (Wildman–Crippen MR) is 68.3 cm³/mol. The van der Waals surface area contributed by atoms with Crippen LogP contribution in [0.1, 0.15) is 29.3 Å². The van der Waals surface area contributed by atoms with Crippen LogP contribution in [0.5, 0.6) is 0 Å². The fraction of sp³-hybridized carbons (Fsp3) is 0.308. The Balaban J connectivity index is 2.82. The topological polar surface area (TPSA) is 82.0 Å². The molecule has 0 radical (unpaired) electrons. The summed E-state index contributed by atoms with van der Waals surface area (Å²) >= 11 is 0. The average molecular weight is 245 g/mol. The first-order valence-corrected chi connectivity index (χ1v) is 5.58. The van der Waals surface area contributed by atoms with Crippen molar-refractivity contribution in [3.63, 3.8) is 0 Å². The van der Waals surface area contributed by atoms with Crippen LogP contribution in [0.15, 0.2) is 18.2 Å². The van der Waals surface area contributed by atoms with Crippen LogP contribution in [-0.4, -0.2) is 25.3 Å². The van der Waals surface area contributed by atoms with Crippen LogP contribution in [-0.2, 0) is 4.79 Å². The summed E-state index contributed by atoms with van der Waals surface area (Å²) in [6.07, 6.45) is 0.310. The Kier molecular flexibility index (Phi) is 4.88. The molecule has 0 aliphatic carbocycles. The van der Waals surface area contributed by atoms with Gasteiger partial charge in [-0.1, -0.05) is 0 Å². The van der Waals surface area contributed by atoms with Crippen LogP contribution >= 0.6 is 0 Å². The Bertz CT molecular complexity index is 503. The van der Waals surface area contributed by atoms with Gasteiger partial charge in [-0.05, 0) is 25.1 Å². The van der Waals surface area contributed by atoms with E-state index in [1.165, 1.54) is 6.92 Å². The molecule has 0 fully saturated rings. The lowest BCUT2D eigenvalue weighted by molar-refractivity contribution is -0.120. The van der Waals surface area contributed by atoms with Crippen LogP contribution in [0.25, 0.3) is 0 Å². The minimum atomic E-state index is -0.0815. The third-order valence-corrected chi connectivity index (χ3v) is 2.47. The molecule has 0 atom stereocenters. The lowest BCUT2D eigenvalue weighted by Gasteiger charge is -2.10. The Morgan fingerprint density at radius 1 is 1.39 bits per heavy atom. The van der Waals surface area contributed by atoms with E-state index < -0.39 is 0 Å². The second-order valence-electron chi connectivity index (χ2n) is 3.78. The van der Waals surface area contributed by atoms with Gasteiger partial charge in [0.05, 0.1) is 11.6 Å². The molecule has 1 rings (SSSR count). The van der Waals surface area contributed by atoms with Crippen LogP contribution in [0, 0.1) is 11.3 Å². The molecule has 0 spiro atoms. The van der Waals surface area contributed by atoms with Gasteiger partial charge in [-0.25, -0.2) is 0 Å². The summed E-state index contributed by atoms with van der Waals surface area (Å²) in [6.45, 7) is 1.88. The van der Waals surface area contributed by atoms with Gasteiger partial charge < -0.3 is 10.6 Å². The van der Waals surface area contributed by atoms with Gasteiger partial charge in [0.1, 0.15) is 0 Å². The van der Waals surface area contributed by atoms with Crippen molar-refractivity contribution in [2.45, 2.75) is 13.3 Å². The molecule has 0 saturated carbocycles. The molecule has 5 heteroatoms. The van der Waals surface area contributed by atoms with Gasteiger partial charge in [-0.15, -0.1) is 0 Å². The van der Waals surface area contributed by atoms with E-state index in [1.54, 1.807) is 25.2 Å². The quantitative estimate of drug-likeness (QED) is 0.766. The number of rotatable bonds is 5. The fourth-order valence-electron chi connectivity index (χ4n) is 1.50. The van der Waals surface area contributed by atoms with Crippen molar-refractivity contribution in [1.82, 2.24) is 5.32 Å². The molecule has 18 heavy (non-hydrogen) atoms. The number of benzene rings is 1. The zero-order chi connectivity index (χ0) is 13.5. The van der Waals surface area contributed by atoms with E-state index in [-0.39, 0.29) is 11.7 Å². The van der Waals surface area contributed by atoms with Crippen LogP contribution in [0.3, 0.4) is 0 Å². The second-order valence-corrected chi connectivity index (χ2v) is 3.78. The van der Waals surface area contributed by atoms with Crippen molar-refractivity contribution in [2.75, 3.05) is 18.9 Å². The number of hydrogen-bond donors (Lipinski definition) is 2. The molecule has 1 aromatic rings. The van der Waals surface area contributed by atoms with Gasteiger partial charge in [0.2, 0.25) is 5.91 Å². The number of anilines is 1. The van der Waals surface area contributed by atoms with Crippen molar-refractivity contribution < 1.29 is 9.59 Å². The van der Waals surface area contributed by atoms with Crippen LogP contribution < -0.4 is 10.6 Å². The number of amides is 1. The Hall–Kier alpha value is -2.35. The highest BCUT2D eigenvalue weighted by Crippen LogP contribution is 2.18. The van der Waals surface area contributed by atoms with Crippen molar-refractivity contribution in [1.29, 1.82) is 5.26 Å². The lowest BCUT2D eigenvalue weighted by atomic mass is 10.1. The number of carbonyl (C=O) groups is 2. The molecule has 0 aliphatic heterocycles. The first kappa shape index (κ1) is 13.7. The molecule has 0 bridgehead atoms. The highest BCUT2D eigenvalue weighted by Gasteiger charge is 2.08. The van der Waals surface area contributed by atoms with E-state index in [4.69, 9.17) is 5.26 Å². The normalized spacial score (nSPS) is 9.39. The van der Waals surface area contributed by atoms with Crippen LogP contribution in [0.2, 0.25) is 0 Å². The molecular weight excluding hydrogens is 230 g/mol. The van der Waals surface area contributed by atoms with E-state index in [2.05, 4.69) is 10.6 Å². The summed E-state index contributed by atoms with van der Waals surface area (Å²) < 4.78 is 0. The number of hydrogen-bond acceptors (Lipinski definition) is 4. The summed E-state index contributed by atoms with van der Waals surface area (Å²) in [5, 5.41) is 14.3. The van der Waals surface area contributed by atoms with Gasteiger partial charge >= 0.3 is 0 Å². The summed E-state index contributed by atoms with van der Waals surface area (Å²) in [7, 11) is 1.57. The van der Waals surface area contributed by atoms with Crippen molar-refractivity contribution in [3.8, 4) is 6.07 Å². The first-order chi connectivity index (χ1) is 8.58. The van der Waals surface area contributed by atoms with Crippen molar-refractivity contribution >= 4 is 17.4 Å². The van der Waals surface area contributed by atoms with Crippen LogP contribution in [0.4, 0.5) is 5.69 Å². The molecule has 0 unspecified atom stereocenters. The third-order valence-electron chi connectivity index (χ3n) is 2.47. The number of nitrogens with one attached hydrogen (secondary N) is 2. The van der Waals surface area contributed by atoms with Gasteiger partial charge in [-0.3, -0.25) is 9.59 Å². The average Bonchev–Trinajstić information content (AvgIpc) is 2.37. The second kappa shape index (κ2) is 6.40. The van der Waals surface area contributed by atoms with Gasteiger partial charge in [-0.2, -0.15) is 5.26 Å². The highest BCUT2D eigenvalue weighted by molar-refractivity contribution is 5.99. The third kappa shape index (κ3) is 3.59. The van der Waals surface area contributed by atoms with E-state index in [0.717, 1.165) is 0 Å². The summed E-state index contributed by atoms with van der Waals surface area (Å²) in [4.78, 5) is 22.5. The van der Waals surface area contributed by atoms with E-state index in [1.807, 2.05) is 6.07 Å². The first-order valence-electron chi connectivity index (χ1n) is 5.58. The number of ketones is 1. The summed E-state index contributed by atoms with van der Waals surface area (Å²) in [5.74, 6) is -0.162. The molecular formula is C13H15N3O2. The maximum Gasteiger partial charge on any atom is 0.221 e. The Labute approximate surface area is 106 Å². The number of carbonyl (C=O) groups excluding carboxylic acids is 2. The maximum atomic E-state index is 11.4. The Morgan fingerprint density at radius 2 is 2.11 bits per heavy atom. The molecule has 0 heterocycles. The fourth-order valence-corrected chi connectivity index (χ4v) is 1.50. The van der Waals surface area contributed by atoms with Gasteiger partial charge in [0.15, 0.2) is 5.78 Å². The molecule has 5 nitrogen and oxygen atoms in total.